The van der Waals surface area contributed by atoms with Gasteiger partial charge in [0.25, 0.3) is 0 Å². The third kappa shape index (κ3) is 4.65. The van der Waals surface area contributed by atoms with Crippen LogP contribution in [-0.4, -0.2) is 18.1 Å². The third-order valence-electron chi connectivity index (χ3n) is 1.66. The van der Waals surface area contributed by atoms with Gasteiger partial charge in [0, 0.05) is 24.0 Å². The fourth-order valence-electron chi connectivity index (χ4n) is 1.01. The maximum atomic E-state index is 5.59. The first-order valence-corrected chi connectivity index (χ1v) is 4.60. The molecule has 3 heteroatoms. The van der Waals surface area contributed by atoms with Crippen LogP contribution in [0.25, 0.3) is 0 Å². The standard InChI is InChI=1S/C10H13ClN2/c1-9(11)8-13-7-4-10-2-5-12-6-3-10/h2-3,5-6,13H,1,4,7-8H2. The second-order valence-corrected chi connectivity index (χ2v) is 3.33. The second-order valence-electron chi connectivity index (χ2n) is 2.80. The number of rotatable bonds is 5. The van der Waals surface area contributed by atoms with Crippen molar-refractivity contribution in [2.75, 3.05) is 13.1 Å². The molecule has 0 atom stereocenters. The molecule has 0 aliphatic carbocycles. The summed E-state index contributed by atoms with van der Waals surface area (Å²) in [4.78, 5) is 3.95. The van der Waals surface area contributed by atoms with E-state index >= 15 is 0 Å². The van der Waals surface area contributed by atoms with Gasteiger partial charge in [0.15, 0.2) is 0 Å². The van der Waals surface area contributed by atoms with Crippen molar-refractivity contribution in [2.24, 2.45) is 0 Å². The van der Waals surface area contributed by atoms with Crippen molar-refractivity contribution < 1.29 is 0 Å². The summed E-state index contributed by atoms with van der Waals surface area (Å²) < 4.78 is 0. The molecule has 70 valence electrons. The van der Waals surface area contributed by atoms with Crippen molar-refractivity contribution in [2.45, 2.75) is 6.42 Å². The summed E-state index contributed by atoms with van der Waals surface area (Å²) in [6.45, 7) is 5.18. The van der Waals surface area contributed by atoms with Gasteiger partial charge in [0.1, 0.15) is 0 Å². The molecule has 0 spiro atoms. The van der Waals surface area contributed by atoms with Gasteiger partial charge in [-0.25, -0.2) is 0 Å². The Balaban J connectivity index is 2.17. The fraction of sp³-hybridized carbons (Fsp3) is 0.300. The number of nitrogens with zero attached hydrogens (tertiary/aromatic N) is 1. The van der Waals surface area contributed by atoms with Crippen LogP contribution >= 0.6 is 11.6 Å². The van der Waals surface area contributed by atoms with Crippen molar-refractivity contribution in [1.29, 1.82) is 0 Å². The minimum Gasteiger partial charge on any atom is -0.311 e. The lowest BCUT2D eigenvalue weighted by atomic mass is 10.2. The summed E-state index contributed by atoms with van der Waals surface area (Å²) in [7, 11) is 0. The molecular weight excluding hydrogens is 184 g/mol. The van der Waals surface area contributed by atoms with E-state index in [2.05, 4.69) is 16.9 Å². The smallest absolute Gasteiger partial charge is 0.0307 e. The molecule has 0 fully saturated rings. The Labute approximate surface area is 83.6 Å². The van der Waals surface area contributed by atoms with Gasteiger partial charge in [-0.15, -0.1) is 0 Å². The van der Waals surface area contributed by atoms with E-state index in [0.29, 0.717) is 11.6 Å². The second kappa shape index (κ2) is 5.73. The van der Waals surface area contributed by atoms with E-state index in [4.69, 9.17) is 11.6 Å². The summed E-state index contributed by atoms with van der Waals surface area (Å²) >= 11 is 5.59. The van der Waals surface area contributed by atoms with Crippen LogP contribution in [0.15, 0.2) is 36.1 Å². The molecule has 0 bridgehead atoms. The average Bonchev–Trinajstić information content (AvgIpc) is 2.14. The SMILES string of the molecule is C=C(Cl)CNCCc1ccncc1. The van der Waals surface area contributed by atoms with E-state index in [1.54, 1.807) is 12.4 Å². The molecule has 0 aliphatic rings. The van der Waals surface area contributed by atoms with Crippen LogP contribution in [0.4, 0.5) is 0 Å². The van der Waals surface area contributed by atoms with Crippen LogP contribution < -0.4 is 5.32 Å². The Bertz CT molecular complexity index is 259. The molecule has 0 unspecified atom stereocenters. The predicted octanol–water partition coefficient (Wildman–Crippen LogP) is 1.97. The predicted molar refractivity (Wildman–Crippen MR) is 55.8 cm³/mol. The molecule has 0 saturated carbocycles. The topological polar surface area (TPSA) is 24.9 Å². The normalized spacial score (nSPS) is 9.92. The quantitative estimate of drug-likeness (QED) is 0.729. The van der Waals surface area contributed by atoms with Gasteiger partial charge in [0.2, 0.25) is 0 Å². The van der Waals surface area contributed by atoms with E-state index < -0.39 is 0 Å². The lowest BCUT2D eigenvalue weighted by Gasteiger charge is -2.02. The van der Waals surface area contributed by atoms with Crippen molar-refractivity contribution >= 4 is 11.6 Å². The zero-order chi connectivity index (χ0) is 9.52. The molecule has 13 heavy (non-hydrogen) atoms. The summed E-state index contributed by atoms with van der Waals surface area (Å²) in [5.41, 5.74) is 1.28. The van der Waals surface area contributed by atoms with Crippen molar-refractivity contribution in [3.05, 3.63) is 41.7 Å². The molecule has 1 rings (SSSR count). The molecule has 1 aromatic rings. The molecule has 1 heterocycles. The maximum absolute atomic E-state index is 5.59. The number of aromatic nitrogens is 1. The van der Waals surface area contributed by atoms with Crippen LogP contribution in [0.2, 0.25) is 0 Å². The fourth-order valence-corrected chi connectivity index (χ4v) is 1.10. The van der Waals surface area contributed by atoms with Crippen LogP contribution in [0.3, 0.4) is 0 Å². The van der Waals surface area contributed by atoms with Gasteiger partial charge in [-0.1, -0.05) is 18.2 Å². The molecule has 1 aromatic heterocycles. The molecule has 0 aromatic carbocycles. The molecular formula is C10H13ClN2. The molecule has 0 saturated heterocycles. The summed E-state index contributed by atoms with van der Waals surface area (Å²) in [5, 5.41) is 3.83. The van der Waals surface area contributed by atoms with Crippen molar-refractivity contribution in [1.82, 2.24) is 10.3 Å². The van der Waals surface area contributed by atoms with Gasteiger partial charge < -0.3 is 5.32 Å². The van der Waals surface area contributed by atoms with Gasteiger partial charge in [0.05, 0.1) is 0 Å². The van der Waals surface area contributed by atoms with Gasteiger partial charge in [-0.3, -0.25) is 4.98 Å². The number of hydrogen-bond acceptors (Lipinski definition) is 2. The van der Waals surface area contributed by atoms with E-state index in [1.807, 2.05) is 12.1 Å². The van der Waals surface area contributed by atoms with E-state index in [1.165, 1.54) is 5.56 Å². The minimum absolute atomic E-state index is 0.648. The highest BCUT2D eigenvalue weighted by atomic mass is 35.5. The van der Waals surface area contributed by atoms with E-state index in [0.717, 1.165) is 13.0 Å². The molecule has 2 nitrogen and oxygen atoms in total. The highest BCUT2D eigenvalue weighted by Gasteiger charge is 1.91. The van der Waals surface area contributed by atoms with Gasteiger partial charge in [-0.05, 0) is 30.7 Å². The Morgan fingerprint density at radius 1 is 1.46 bits per heavy atom. The lowest BCUT2D eigenvalue weighted by Crippen LogP contribution is -2.18. The summed E-state index contributed by atoms with van der Waals surface area (Å²) in [6, 6.07) is 4.02. The highest BCUT2D eigenvalue weighted by molar-refractivity contribution is 6.29. The first kappa shape index (κ1) is 10.2. The van der Waals surface area contributed by atoms with Crippen molar-refractivity contribution in [3.8, 4) is 0 Å². The first-order valence-electron chi connectivity index (χ1n) is 4.22. The summed E-state index contributed by atoms with van der Waals surface area (Å²) in [6.07, 6.45) is 4.60. The van der Waals surface area contributed by atoms with Crippen LogP contribution in [0, 0.1) is 0 Å². The lowest BCUT2D eigenvalue weighted by molar-refractivity contribution is 0.740. The van der Waals surface area contributed by atoms with Gasteiger partial charge in [-0.2, -0.15) is 0 Å². The zero-order valence-corrected chi connectivity index (χ0v) is 8.22. The molecule has 0 amide bonds. The van der Waals surface area contributed by atoms with Crippen molar-refractivity contribution in [3.63, 3.8) is 0 Å². The Morgan fingerprint density at radius 2 is 2.15 bits per heavy atom. The number of nitrogens with one attached hydrogen (secondary N) is 1. The van der Waals surface area contributed by atoms with Crippen LogP contribution in [0.5, 0.6) is 0 Å². The highest BCUT2D eigenvalue weighted by Crippen LogP contribution is 1.97. The molecule has 1 N–H and O–H groups in total. The number of halogens is 1. The monoisotopic (exact) mass is 196 g/mol. The average molecular weight is 197 g/mol. The largest absolute Gasteiger partial charge is 0.311 e. The van der Waals surface area contributed by atoms with E-state index in [9.17, 15) is 0 Å². The Kier molecular flexibility index (Phi) is 4.50. The minimum atomic E-state index is 0.648. The Hall–Kier alpha value is -0.860. The summed E-state index contributed by atoms with van der Waals surface area (Å²) in [5.74, 6) is 0. The number of hydrogen-bond donors (Lipinski definition) is 1. The molecule has 0 aliphatic heterocycles. The van der Waals surface area contributed by atoms with Crippen LogP contribution in [-0.2, 0) is 6.42 Å². The zero-order valence-electron chi connectivity index (χ0n) is 7.46. The molecule has 0 radical (unpaired) electrons. The Morgan fingerprint density at radius 3 is 2.77 bits per heavy atom. The number of pyridine rings is 1. The third-order valence-corrected chi connectivity index (χ3v) is 1.79. The maximum Gasteiger partial charge on any atom is 0.0307 e. The first-order chi connectivity index (χ1) is 6.29. The van der Waals surface area contributed by atoms with Gasteiger partial charge >= 0.3 is 0 Å². The van der Waals surface area contributed by atoms with Crippen LogP contribution in [0.1, 0.15) is 5.56 Å². The van der Waals surface area contributed by atoms with E-state index in [-0.39, 0.29) is 0 Å².